The third kappa shape index (κ3) is 5.54. The van der Waals surface area contributed by atoms with Crippen molar-refractivity contribution in [2.45, 2.75) is 44.8 Å². The zero-order valence-electron chi connectivity index (χ0n) is 14.4. The number of hydrogen-bond acceptors (Lipinski definition) is 6. The summed E-state index contributed by atoms with van der Waals surface area (Å²) in [5, 5.41) is 15.9. The van der Waals surface area contributed by atoms with Gasteiger partial charge < -0.3 is 15.4 Å². The standard InChI is InChI=1S/C17H21N3O6/c1-11(16(22)19-13-6-2-3-7-13)26-15(21)10-18-17(23)12-5-4-8-14(9-12)20(24)25/h4-5,8-9,11,13H,2-3,6-7,10H2,1H3,(H,18,23)(H,19,22)/t11-/m0/s1. The van der Waals surface area contributed by atoms with Crippen LogP contribution in [-0.4, -0.2) is 41.4 Å². The summed E-state index contributed by atoms with van der Waals surface area (Å²) in [4.78, 5) is 45.8. The molecule has 2 rings (SSSR count). The number of hydrogen-bond donors (Lipinski definition) is 2. The van der Waals surface area contributed by atoms with Gasteiger partial charge in [0.15, 0.2) is 6.10 Å². The summed E-state index contributed by atoms with van der Waals surface area (Å²) in [5.74, 6) is -1.78. The van der Waals surface area contributed by atoms with Crippen LogP contribution in [0.4, 0.5) is 5.69 Å². The molecule has 9 heteroatoms. The number of rotatable bonds is 7. The fourth-order valence-corrected chi connectivity index (χ4v) is 2.70. The average Bonchev–Trinajstić information content (AvgIpc) is 3.12. The molecule has 2 N–H and O–H groups in total. The molecule has 9 nitrogen and oxygen atoms in total. The Balaban J connectivity index is 1.78. The fraction of sp³-hybridized carbons (Fsp3) is 0.471. The van der Waals surface area contributed by atoms with E-state index < -0.39 is 29.4 Å². The predicted molar refractivity (Wildman–Crippen MR) is 91.4 cm³/mol. The third-order valence-corrected chi connectivity index (χ3v) is 4.09. The second-order valence-electron chi connectivity index (χ2n) is 6.11. The molecule has 1 aliphatic rings. The molecule has 0 radical (unpaired) electrons. The molecule has 0 spiro atoms. The maximum Gasteiger partial charge on any atom is 0.326 e. The Bertz CT molecular complexity index is 699. The topological polar surface area (TPSA) is 128 Å². The van der Waals surface area contributed by atoms with Gasteiger partial charge in [-0.15, -0.1) is 0 Å². The highest BCUT2D eigenvalue weighted by Gasteiger charge is 2.23. The second kappa shape index (κ2) is 8.93. The number of nitrogens with zero attached hydrogens (tertiary/aromatic N) is 1. The number of carbonyl (C=O) groups is 3. The molecule has 0 aliphatic heterocycles. The van der Waals surface area contributed by atoms with Crippen molar-refractivity contribution in [2.75, 3.05) is 6.54 Å². The minimum absolute atomic E-state index is 0.0547. The minimum Gasteiger partial charge on any atom is -0.451 e. The first-order valence-corrected chi connectivity index (χ1v) is 8.39. The SMILES string of the molecule is C[C@H](OC(=O)CNC(=O)c1cccc([N+](=O)[O-])c1)C(=O)NC1CCCC1. The number of esters is 1. The second-order valence-corrected chi connectivity index (χ2v) is 6.11. The number of amides is 2. The van der Waals surface area contributed by atoms with Gasteiger partial charge in [-0.05, 0) is 25.8 Å². The van der Waals surface area contributed by atoms with Crippen LogP contribution in [0.1, 0.15) is 43.0 Å². The predicted octanol–water partition coefficient (Wildman–Crippen LogP) is 1.32. The summed E-state index contributed by atoms with van der Waals surface area (Å²) >= 11 is 0. The van der Waals surface area contributed by atoms with Crippen molar-refractivity contribution in [3.05, 3.63) is 39.9 Å². The van der Waals surface area contributed by atoms with E-state index in [0.29, 0.717) is 0 Å². The Kier molecular flexibility index (Phi) is 6.65. The van der Waals surface area contributed by atoms with Crippen LogP contribution in [0.25, 0.3) is 0 Å². The zero-order valence-corrected chi connectivity index (χ0v) is 14.4. The molecule has 0 heterocycles. The normalized spacial score (nSPS) is 15.1. The number of nitro benzene ring substituents is 1. The van der Waals surface area contributed by atoms with E-state index in [2.05, 4.69) is 10.6 Å². The number of benzene rings is 1. The molecular weight excluding hydrogens is 342 g/mol. The first-order chi connectivity index (χ1) is 12.4. The molecule has 1 aromatic rings. The van der Waals surface area contributed by atoms with E-state index in [9.17, 15) is 24.5 Å². The highest BCUT2D eigenvalue weighted by molar-refractivity contribution is 5.96. The molecule has 0 aromatic heterocycles. The fourth-order valence-electron chi connectivity index (χ4n) is 2.70. The molecule has 1 atom stereocenters. The molecule has 140 valence electrons. The summed E-state index contributed by atoms with van der Waals surface area (Å²) in [7, 11) is 0. The van der Waals surface area contributed by atoms with Crippen LogP contribution in [-0.2, 0) is 14.3 Å². The van der Waals surface area contributed by atoms with Crippen LogP contribution in [0.3, 0.4) is 0 Å². The summed E-state index contributed by atoms with van der Waals surface area (Å²) < 4.78 is 5.00. The molecule has 1 fully saturated rings. The maximum atomic E-state index is 12.0. The van der Waals surface area contributed by atoms with E-state index in [0.717, 1.165) is 31.7 Å². The van der Waals surface area contributed by atoms with Gasteiger partial charge in [0.1, 0.15) is 6.54 Å². The summed E-state index contributed by atoms with van der Waals surface area (Å²) in [6, 6.07) is 5.26. The molecule has 0 unspecified atom stereocenters. The van der Waals surface area contributed by atoms with E-state index in [1.165, 1.54) is 25.1 Å². The Hall–Kier alpha value is -2.97. The Morgan fingerprint density at radius 3 is 2.65 bits per heavy atom. The van der Waals surface area contributed by atoms with Crippen LogP contribution in [0.5, 0.6) is 0 Å². The minimum atomic E-state index is -0.960. The summed E-state index contributed by atoms with van der Waals surface area (Å²) in [6.07, 6.45) is 3.03. The number of ether oxygens (including phenoxy) is 1. The van der Waals surface area contributed by atoms with Crippen LogP contribution in [0.15, 0.2) is 24.3 Å². The van der Waals surface area contributed by atoms with E-state index in [-0.39, 0.29) is 23.2 Å². The lowest BCUT2D eigenvalue weighted by Gasteiger charge is -2.17. The van der Waals surface area contributed by atoms with Gasteiger partial charge in [0.25, 0.3) is 17.5 Å². The van der Waals surface area contributed by atoms with Gasteiger partial charge in [0.05, 0.1) is 4.92 Å². The lowest BCUT2D eigenvalue weighted by Crippen LogP contribution is -2.42. The Labute approximate surface area is 150 Å². The molecule has 26 heavy (non-hydrogen) atoms. The average molecular weight is 363 g/mol. The molecular formula is C17H21N3O6. The van der Waals surface area contributed by atoms with Crippen LogP contribution in [0.2, 0.25) is 0 Å². The monoisotopic (exact) mass is 363 g/mol. The van der Waals surface area contributed by atoms with Crippen molar-refractivity contribution >= 4 is 23.5 Å². The summed E-state index contributed by atoms with van der Waals surface area (Å²) in [5.41, 5.74) is -0.170. The Morgan fingerprint density at radius 2 is 2.00 bits per heavy atom. The van der Waals surface area contributed by atoms with E-state index in [1.807, 2.05) is 0 Å². The van der Waals surface area contributed by atoms with Crippen molar-refractivity contribution < 1.29 is 24.0 Å². The summed E-state index contributed by atoms with van der Waals surface area (Å²) in [6.45, 7) is 1.02. The van der Waals surface area contributed by atoms with Crippen molar-refractivity contribution in [1.82, 2.24) is 10.6 Å². The zero-order chi connectivity index (χ0) is 19.1. The number of carbonyl (C=O) groups excluding carboxylic acids is 3. The van der Waals surface area contributed by atoms with Gasteiger partial charge in [-0.2, -0.15) is 0 Å². The lowest BCUT2D eigenvalue weighted by molar-refractivity contribution is -0.384. The highest BCUT2D eigenvalue weighted by atomic mass is 16.6. The van der Waals surface area contributed by atoms with Gasteiger partial charge in [-0.1, -0.05) is 18.9 Å². The lowest BCUT2D eigenvalue weighted by atomic mass is 10.2. The van der Waals surface area contributed by atoms with Gasteiger partial charge >= 0.3 is 5.97 Å². The first-order valence-electron chi connectivity index (χ1n) is 8.39. The molecule has 0 bridgehead atoms. The van der Waals surface area contributed by atoms with E-state index in [1.54, 1.807) is 0 Å². The molecule has 0 saturated heterocycles. The largest absolute Gasteiger partial charge is 0.451 e. The molecule has 1 aromatic carbocycles. The maximum absolute atomic E-state index is 12.0. The molecule has 1 saturated carbocycles. The highest BCUT2D eigenvalue weighted by Crippen LogP contribution is 2.17. The van der Waals surface area contributed by atoms with Crippen molar-refractivity contribution in [3.63, 3.8) is 0 Å². The van der Waals surface area contributed by atoms with E-state index in [4.69, 9.17) is 4.74 Å². The third-order valence-electron chi connectivity index (χ3n) is 4.09. The number of nitrogens with one attached hydrogen (secondary N) is 2. The molecule has 1 aliphatic carbocycles. The van der Waals surface area contributed by atoms with Gasteiger partial charge in [0.2, 0.25) is 0 Å². The van der Waals surface area contributed by atoms with Crippen LogP contribution >= 0.6 is 0 Å². The molecule has 2 amide bonds. The smallest absolute Gasteiger partial charge is 0.326 e. The van der Waals surface area contributed by atoms with Gasteiger partial charge in [0, 0.05) is 23.7 Å². The van der Waals surface area contributed by atoms with Crippen LogP contribution in [0, 0.1) is 10.1 Å². The number of nitro groups is 1. The van der Waals surface area contributed by atoms with Gasteiger partial charge in [-0.25, -0.2) is 0 Å². The van der Waals surface area contributed by atoms with Crippen molar-refractivity contribution in [2.24, 2.45) is 0 Å². The number of non-ortho nitro benzene ring substituents is 1. The van der Waals surface area contributed by atoms with Crippen molar-refractivity contribution in [3.8, 4) is 0 Å². The van der Waals surface area contributed by atoms with Gasteiger partial charge in [-0.3, -0.25) is 24.5 Å². The quantitative estimate of drug-likeness (QED) is 0.427. The Morgan fingerprint density at radius 1 is 1.31 bits per heavy atom. The van der Waals surface area contributed by atoms with E-state index >= 15 is 0 Å². The van der Waals surface area contributed by atoms with Crippen LogP contribution < -0.4 is 10.6 Å². The first kappa shape index (κ1) is 19.4. The van der Waals surface area contributed by atoms with Crippen molar-refractivity contribution in [1.29, 1.82) is 0 Å².